The van der Waals surface area contributed by atoms with E-state index in [1.54, 1.807) is 10.9 Å². The molecule has 2 rings (SSSR count). The van der Waals surface area contributed by atoms with Crippen molar-refractivity contribution in [3.05, 3.63) is 48.3 Å². The number of rotatable bonds is 5. The average Bonchev–Trinajstić information content (AvgIpc) is 2.81. The van der Waals surface area contributed by atoms with Crippen LogP contribution < -0.4 is 4.74 Å². The van der Waals surface area contributed by atoms with Gasteiger partial charge in [0.25, 0.3) is 0 Å². The van der Waals surface area contributed by atoms with E-state index in [2.05, 4.69) is 5.10 Å². The van der Waals surface area contributed by atoms with Gasteiger partial charge < -0.3 is 9.84 Å². The minimum Gasteiger partial charge on any atom is -0.491 e. The molecule has 2 aromatic rings. The predicted octanol–water partition coefficient (Wildman–Crippen LogP) is 1.63. The molecule has 0 amide bonds. The summed E-state index contributed by atoms with van der Waals surface area (Å²) in [6, 6.07) is 9.59. The lowest BCUT2D eigenvalue weighted by Gasteiger charge is -2.13. The fourth-order valence-corrected chi connectivity index (χ4v) is 1.58. The highest BCUT2D eigenvalue weighted by molar-refractivity contribution is 5.31. The molecule has 17 heavy (non-hydrogen) atoms. The van der Waals surface area contributed by atoms with Gasteiger partial charge in [-0.3, -0.25) is 4.68 Å². The second-order valence-corrected chi connectivity index (χ2v) is 3.96. The van der Waals surface area contributed by atoms with Crippen LogP contribution >= 0.6 is 0 Å². The van der Waals surface area contributed by atoms with Crippen molar-refractivity contribution in [3.8, 4) is 5.75 Å². The molecule has 0 aliphatic rings. The number of hydrogen-bond donors (Lipinski definition) is 1. The number of aryl methyl sites for hydroxylation is 1. The first kappa shape index (κ1) is 11.7. The van der Waals surface area contributed by atoms with Crippen LogP contribution in [0.25, 0.3) is 0 Å². The van der Waals surface area contributed by atoms with Crippen molar-refractivity contribution in [2.45, 2.75) is 19.6 Å². The van der Waals surface area contributed by atoms with Crippen molar-refractivity contribution in [2.24, 2.45) is 0 Å². The number of para-hydroxylation sites is 1. The molecule has 0 spiro atoms. The summed E-state index contributed by atoms with van der Waals surface area (Å²) in [5.41, 5.74) is 1.07. The molecular weight excluding hydrogens is 216 g/mol. The van der Waals surface area contributed by atoms with Crippen LogP contribution in [0.2, 0.25) is 0 Å². The second-order valence-electron chi connectivity index (χ2n) is 3.96. The fourth-order valence-electron chi connectivity index (χ4n) is 1.58. The highest BCUT2D eigenvalue weighted by Gasteiger charge is 2.07. The molecule has 0 aliphatic heterocycles. The van der Waals surface area contributed by atoms with Crippen molar-refractivity contribution in [1.29, 1.82) is 0 Å². The number of hydrogen-bond acceptors (Lipinski definition) is 3. The van der Waals surface area contributed by atoms with Crippen molar-refractivity contribution >= 4 is 0 Å². The molecule has 1 aromatic heterocycles. The second kappa shape index (κ2) is 5.50. The van der Waals surface area contributed by atoms with Crippen LogP contribution in [0.4, 0.5) is 0 Å². The van der Waals surface area contributed by atoms with E-state index in [-0.39, 0.29) is 6.61 Å². The maximum Gasteiger partial charge on any atom is 0.122 e. The fraction of sp³-hybridized carbons (Fsp3) is 0.308. The standard InChI is InChI=1S/C13H16N2O2/c1-11-5-2-3-6-13(11)17-10-12(16)9-15-8-4-7-14-15/h2-8,12,16H,9-10H2,1H3. The Bertz CT molecular complexity index is 454. The third-order valence-electron chi connectivity index (χ3n) is 2.48. The number of aliphatic hydroxyl groups is 1. The van der Waals surface area contributed by atoms with Crippen LogP contribution in [0, 0.1) is 6.92 Å². The normalized spacial score (nSPS) is 12.4. The summed E-state index contributed by atoms with van der Waals surface area (Å²) in [7, 11) is 0. The number of aliphatic hydroxyl groups excluding tert-OH is 1. The molecule has 0 bridgehead atoms. The summed E-state index contributed by atoms with van der Waals surface area (Å²) in [5, 5.41) is 13.8. The molecule has 0 fully saturated rings. The first-order valence-corrected chi connectivity index (χ1v) is 5.59. The number of benzene rings is 1. The molecule has 4 nitrogen and oxygen atoms in total. The first-order valence-electron chi connectivity index (χ1n) is 5.59. The lowest BCUT2D eigenvalue weighted by molar-refractivity contribution is 0.0890. The summed E-state index contributed by atoms with van der Waals surface area (Å²) < 4.78 is 7.24. The Kier molecular flexibility index (Phi) is 3.77. The predicted molar refractivity (Wildman–Crippen MR) is 64.9 cm³/mol. The SMILES string of the molecule is Cc1ccccc1OCC(O)Cn1cccn1. The topological polar surface area (TPSA) is 47.3 Å². The van der Waals surface area contributed by atoms with Crippen LogP contribution in [-0.4, -0.2) is 27.6 Å². The Morgan fingerprint density at radius 2 is 2.18 bits per heavy atom. The van der Waals surface area contributed by atoms with Crippen LogP contribution in [0.3, 0.4) is 0 Å². The van der Waals surface area contributed by atoms with Gasteiger partial charge in [0.05, 0.1) is 6.54 Å². The molecule has 0 saturated carbocycles. The largest absolute Gasteiger partial charge is 0.491 e. The average molecular weight is 232 g/mol. The van der Waals surface area contributed by atoms with E-state index in [1.165, 1.54) is 0 Å². The Balaban J connectivity index is 1.84. The number of aromatic nitrogens is 2. The van der Waals surface area contributed by atoms with Crippen LogP contribution in [0.5, 0.6) is 5.75 Å². The lowest BCUT2D eigenvalue weighted by Crippen LogP contribution is -2.24. The van der Waals surface area contributed by atoms with Gasteiger partial charge in [0.2, 0.25) is 0 Å². The van der Waals surface area contributed by atoms with Gasteiger partial charge in [0.1, 0.15) is 18.5 Å². The molecule has 0 radical (unpaired) electrons. The number of nitrogens with zero attached hydrogens (tertiary/aromatic N) is 2. The summed E-state index contributed by atoms with van der Waals surface area (Å²) in [6.45, 7) is 2.69. The Labute approximate surface area is 100 Å². The quantitative estimate of drug-likeness (QED) is 0.852. The zero-order valence-corrected chi connectivity index (χ0v) is 9.78. The highest BCUT2D eigenvalue weighted by atomic mass is 16.5. The van der Waals surface area contributed by atoms with E-state index in [0.717, 1.165) is 11.3 Å². The maximum absolute atomic E-state index is 9.79. The molecule has 1 aromatic carbocycles. The minimum atomic E-state index is -0.561. The molecule has 4 heteroatoms. The highest BCUT2D eigenvalue weighted by Crippen LogP contribution is 2.16. The zero-order valence-electron chi connectivity index (χ0n) is 9.78. The van der Waals surface area contributed by atoms with E-state index in [1.807, 2.05) is 43.5 Å². The van der Waals surface area contributed by atoms with E-state index in [9.17, 15) is 5.11 Å². The van der Waals surface area contributed by atoms with Gasteiger partial charge in [-0.05, 0) is 24.6 Å². The third-order valence-corrected chi connectivity index (χ3v) is 2.48. The van der Waals surface area contributed by atoms with E-state index >= 15 is 0 Å². The summed E-state index contributed by atoms with van der Waals surface area (Å²) in [4.78, 5) is 0. The molecule has 0 saturated heterocycles. The van der Waals surface area contributed by atoms with Gasteiger partial charge in [-0.2, -0.15) is 5.10 Å². The number of ether oxygens (including phenoxy) is 1. The molecule has 1 unspecified atom stereocenters. The van der Waals surface area contributed by atoms with Gasteiger partial charge in [-0.1, -0.05) is 18.2 Å². The van der Waals surface area contributed by atoms with Crippen molar-refractivity contribution in [3.63, 3.8) is 0 Å². The molecule has 1 N–H and O–H groups in total. The monoisotopic (exact) mass is 232 g/mol. The smallest absolute Gasteiger partial charge is 0.122 e. The summed E-state index contributed by atoms with van der Waals surface area (Å²) >= 11 is 0. The van der Waals surface area contributed by atoms with E-state index in [0.29, 0.717) is 6.54 Å². The Hall–Kier alpha value is -1.81. The summed E-state index contributed by atoms with van der Waals surface area (Å²) in [5.74, 6) is 0.812. The molecule has 1 heterocycles. The summed E-state index contributed by atoms with van der Waals surface area (Å²) in [6.07, 6.45) is 2.95. The lowest BCUT2D eigenvalue weighted by atomic mass is 10.2. The Morgan fingerprint density at radius 1 is 1.35 bits per heavy atom. The van der Waals surface area contributed by atoms with E-state index < -0.39 is 6.10 Å². The van der Waals surface area contributed by atoms with Crippen LogP contribution in [0.15, 0.2) is 42.7 Å². The van der Waals surface area contributed by atoms with Gasteiger partial charge in [0.15, 0.2) is 0 Å². The third kappa shape index (κ3) is 3.32. The van der Waals surface area contributed by atoms with Gasteiger partial charge in [-0.25, -0.2) is 0 Å². The maximum atomic E-state index is 9.79. The minimum absolute atomic E-state index is 0.269. The van der Waals surface area contributed by atoms with Gasteiger partial charge in [-0.15, -0.1) is 0 Å². The first-order chi connectivity index (χ1) is 8.25. The molecule has 0 aliphatic carbocycles. The van der Waals surface area contributed by atoms with E-state index in [4.69, 9.17) is 4.74 Å². The van der Waals surface area contributed by atoms with Gasteiger partial charge in [0, 0.05) is 12.4 Å². The van der Waals surface area contributed by atoms with Crippen LogP contribution in [-0.2, 0) is 6.54 Å². The Morgan fingerprint density at radius 3 is 2.88 bits per heavy atom. The zero-order chi connectivity index (χ0) is 12.1. The van der Waals surface area contributed by atoms with Crippen molar-refractivity contribution in [2.75, 3.05) is 6.61 Å². The van der Waals surface area contributed by atoms with Gasteiger partial charge >= 0.3 is 0 Å². The van der Waals surface area contributed by atoms with Crippen LogP contribution in [0.1, 0.15) is 5.56 Å². The van der Waals surface area contributed by atoms with Crippen molar-refractivity contribution < 1.29 is 9.84 Å². The molecule has 90 valence electrons. The van der Waals surface area contributed by atoms with Crippen molar-refractivity contribution in [1.82, 2.24) is 9.78 Å². The molecule has 1 atom stereocenters. The molecular formula is C13H16N2O2.